The normalized spacial score (nSPS) is 17.1. The summed E-state index contributed by atoms with van der Waals surface area (Å²) >= 11 is 0. The number of Topliss-reactive ketones (excluding diaryl/α,β-unsaturated/α-hetero) is 1. The molecule has 5 heteroatoms. The predicted octanol–water partition coefficient (Wildman–Crippen LogP) is 2.92. The van der Waals surface area contributed by atoms with E-state index in [1.807, 2.05) is 36.4 Å². The third-order valence-corrected chi connectivity index (χ3v) is 4.78. The second kappa shape index (κ2) is 7.81. The van der Waals surface area contributed by atoms with Gasteiger partial charge >= 0.3 is 0 Å². The topological polar surface area (TPSA) is 51.7 Å². The maximum Gasteiger partial charge on any atom is 0.194 e. The van der Waals surface area contributed by atoms with Gasteiger partial charge in [-0.3, -0.25) is 14.7 Å². The van der Waals surface area contributed by atoms with Gasteiger partial charge in [0.05, 0.1) is 19.8 Å². The largest absolute Gasteiger partial charge is 0.494 e. The zero-order valence-electron chi connectivity index (χ0n) is 14.7. The number of hydrogen-bond donors (Lipinski definition) is 0. The van der Waals surface area contributed by atoms with Gasteiger partial charge in [-0.25, -0.2) is 0 Å². The van der Waals surface area contributed by atoms with Crippen molar-refractivity contribution in [1.29, 1.82) is 0 Å². The second-order valence-electron chi connectivity index (χ2n) is 6.53. The van der Waals surface area contributed by atoms with E-state index >= 15 is 0 Å². The molecule has 0 amide bonds. The summed E-state index contributed by atoms with van der Waals surface area (Å²) in [5.74, 6) is 0.784. The molecule has 134 valence electrons. The van der Waals surface area contributed by atoms with Crippen LogP contribution in [-0.2, 0) is 4.74 Å². The first-order valence-corrected chi connectivity index (χ1v) is 9.05. The van der Waals surface area contributed by atoms with E-state index < -0.39 is 0 Å². The summed E-state index contributed by atoms with van der Waals surface area (Å²) in [5.41, 5.74) is 3.18. The molecule has 26 heavy (non-hydrogen) atoms. The highest BCUT2D eigenvalue weighted by Crippen LogP contribution is 2.33. The molecule has 0 radical (unpaired) electrons. The fourth-order valence-corrected chi connectivity index (χ4v) is 3.35. The molecule has 1 fully saturated rings. The van der Waals surface area contributed by atoms with Crippen LogP contribution in [0.1, 0.15) is 27.9 Å². The van der Waals surface area contributed by atoms with Crippen molar-refractivity contribution in [2.24, 2.45) is 0 Å². The number of rotatable bonds is 6. The van der Waals surface area contributed by atoms with Crippen LogP contribution in [0.5, 0.6) is 5.75 Å². The van der Waals surface area contributed by atoms with Crippen molar-refractivity contribution < 1.29 is 14.3 Å². The van der Waals surface area contributed by atoms with Crippen LogP contribution in [0.2, 0.25) is 0 Å². The number of ether oxygens (including phenoxy) is 2. The molecule has 1 aromatic heterocycles. The van der Waals surface area contributed by atoms with E-state index in [9.17, 15) is 4.79 Å². The van der Waals surface area contributed by atoms with Crippen LogP contribution in [0, 0.1) is 0 Å². The van der Waals surface area contributed by atoms with Crippen LogP contribution in [-0.4, -0.2) is 55.1 Å². The lowest BCUT2D eigenvalue weighted by atomic mass is 10.0. The highest BCUT2D eigenvalue weighted by Gasteiger charge is 2.24. The van der Waals surface area contributed by atoms with Gasteiger partial charge in [0, 0.05) is 48.7 Å². The standard InChI is InChI=1S/C21H22N2O3/c24-21-19(17-3-1-6-22-15-17)13-16-4-5-18(14-20(16)21)26-10-2-7-23-8-11-25-12-9-23/h1,3-6,13-15H,2,7-12H2. The van der Waals surface area contributed by atoms with E-state index in [1.54, 1.807) is 12.4 Å². The molecule has 0 spiro atoms. The number of carbonyl (C=O) groups is 1. The Morgan fingerprint density at radius 1 is 1.19 bits per heavy atom. The molecule has 0 unspecified atom stereocenters. The van der Waals surface area contributed by atoms with E-state index in [1.165, 1.54) is 0 Å². The lowest BCUT2D eigenvalue weighted by Gasteiger charge is -2.26. The summed E-state index contributed by atoms with van der Waals surface area (Å²) in [7, 11) is 0. The fourth-order valence-electron chi connectivity index (χ4n) is 3.35. The summed E-state index contributed by atoms with van der Waals surface area (Å²) < 4.78 is 11.2. The quantitative estimate of drug-likeness (QED) is 0.750. The molecule has 2 aliphatic rings. The molecular weight excluding hydrogens is 328 g/mol. The average Bonchev–Trinajstić information content (AvgIpc) is 3.03. The van der Waals surface area contributed by atoms with Crippen LogP contribution < -0.4 is 4.74 Å². The Hall–Kier alpha value is -2.50. The van der Waals surface area contributed by atoms with Gasteiger partial charge in [-0.05, 0) is 36.3 Å². The molecular formula is C21H22N2O3. The minimum Gasteiger partial charge on any atom is -0.494 e. The van der Waals surface area contributed by atoms with E-state index in [0.29, 0.717) is 17.7 Å². The number of aromatic nitrogens is 1. The zero-order valence-corrected chi connectivity index (χ0v) is 14.7. The van der Waals surface area contributed by atoms with Crippen molar-refractivity contribution in [1.82, 2.24) is 9.88 Å². The Morgan fingerprint density at radius 3 is 2.88 bits per heavy atom. The predicted molar refractivity (Wildman–Crippen MR) is 100 cm³/mol. The Morgan fingerprint density at radius 2 is 2.08 bits per heavy atom. The van der Waals surface area contributed by atoms with Crippen LogP contribution in [0.25, 0.3) is 11.6 Å². The summed E-state index contributed by atoms with van der Waals surface area (Å²) in [5, 5.41) is 0. The van der Waals surface area contributed by atoms with Gasteiger partial charge in [0.25, 0.3) is 0 Å². The molecule has 2 aromatic rings. The molecule has 0 bridgehead atoms. The van der Waals surface area contributed by atoms with Gasteiger partial charge in [-0.2, -0.15) is 0 Å². The second-order valence-corrected chi connectivity index (χ2v) is 6.53. The smallest absolute Gasteiger partial charge is 0.194 e. The maximum absolute atomic E-state index is 12.7. The number of nitrogens with zero attached hydrogens (tertiary/aromatic N) is 2. The monoisotopic (exact) mass is 350 g/mol. The molecule has 4 rings (SSSR count). The number of fused-ring (bicyclic) bond motifs is 1. The number of carbonyl (C=O) groups excluding carboxylic acids is 1. The Labute approximate surface area is 153 Å². The van der Waals surface area contributed by atoms with E-state index in [2.05, 4.69) is 9.88 Å². The maximum atomic E-state index is 12.7. The molecule has 0 saturated carbocycles. The number of pyridine rings is 1. The number of morpholine rings is 1. The lowest BCUT2D eigenvalue weighted by Crippen LogP contribution is -2.37. The highest BCUT2D eigenvalue weighted by molar-refractivity contribution is 6.37. The van der Waals surface area contributed by atoms with Crippen molar-refractivity contribution in [2.45, 2.75) is 6.42 Å². The molecule has 0 N–H and O–H groups in total. The number of benzene rings is 1. The van der Waals surface area contributed by atoms with Crippen molar-refractivity contribution >= 4 is 17.4 Å². The molecule has 5 nitrogen and oxygen atoms in total. The van der Waals surface area contributed by atoms with Gasteiger partial charge < -0.3 is 9.47 Å². The zero-order chi connectivity index (χ0) is 17.8. The van der Waals surface area contributed by atoms with Crippen LogP contribution in [0.3, 0.4) is 0 Å². The Balaban J connectivity index is 1.35. The van der Waals surface area contributed by atoms with Crippen molar-refractivity contribution in [3.8, 4) is 5.75 Å². The average molecular weight is 350 g/mol. The summed E-state index contributed by atoms with van der Waals surface area (Å²) in [6.45, 7) is 5.29. The van der Waals surface area contributed by atoms with Crippen LogP contribution in [0.4, 0.5) is 0 Å². The van der Waals surface area contributed by atoms with E-state index in [0.717, 1.165) is 56.1 Å². The van der Waals surface area contributed by atoms with Gasteiger partial charge in [-0.15, -0.1) is 0 Å². The van der Waals surface area contributed by atoms with Gasteiger partial charge in [0.1, 0.15) is 5.75 Å². The van der Waals surface area contributed by atoms with Gasteiger partial charge in [0.15, 0.2) is 5.78 Å². The minimum atomic E-state index is 0.0340. The molecule has 1 saturated heterocycles. The van der Waals surface area contributed by atoms with Gasteiger partial charge in [0.2, 0.25) is 0 Å². The molecule has 1 aromatic carbocycles. The molecule has 1 aliphatic heterocycles. The SMILES string of the molecule is O=C1C(c2cccnc2)=Cc2ccc(OCCCN3CCOCC3)cc21. The van der Waals surface area contributed by atoms with Crippen LogP contribution >= 0.6 is 0 Å². The highest BCUT2D eigenvalue weighted by atomic mass is 16.5. The number of hydrogen-bond acceptors (Lipinski definition) is 5. The lowest BCUT2D eigenvalue weighted by molar-refractivity contribution is 0.0358. The van der Waals surface area contributed by atoms with Crippen molar-refractivity contribution in [2.75, 3.05) is 39.5 Å². The van der Waals surface area contributed by atoms with E-state index in [-0.39, 0.29) is 5.78 Å². The molecule has 1 aliphatic carbocycles. The van der Waals surface area contributed by atoms with E-state index in [4.69, 9.17) is 9.47 Å². The summed E-state index contributed by atoms with van der Waals surface area (Å²) in [6, 6.07) is 9.49. The van der Waals surface area contributed by atoms with Crippen molar-refractivity contribution in [3.05, 3.63) is 59.4 Å². The summed E-state index contributed by atoms with van der Waals surface area (Å²) in [4.78, 5) is 19.2. The minimum absolute atomic E-state index is 0.0340. The molecule has 0 atom stereocenters. The van der Waals surface area contributed by atoms with Crippen molar-refractivity contribution in [3.63, 3.8) is 0 Å². The third-order valence-electron chi connectivity index (χ3n) is 4.78. The first-order chi connectivity index (χ1) is 12.8. The third kappa shape index (κ3) is 3.69. The Kier molecular flexibility index (Phi) is 5.09. The van der Waals surface area contributed by atoms with Crippen LogP contribution in [0.15, 0.2) is 42.7 Å². The number of allylic oxidation sites excluding steroid dienone is 1. The first-order valence-electron chi connectivity index (χ1n) is 9.05. The Bertz CT molecular complexity index is 811. The first kappa shape index (κ1) is 16.9. The van der Waals surface area contributed by atoms with Gasteiger partial charge in [-0.1, -0.05) is 12.1 Å². The molecule has 2 heterocycles. The number of ketones is 1. The summed E-state index contributed by atoms with van der Waals surface area (Å²) in [6.07, 6.45) is 6.32. The fraction of sp³-hybridized carbons (Fsp3) is 0.333.